The molecule has 2 rings (SSSR count). The first-order chi connectivity index (χ1) is 10.8. The number of carbonyl (C=O) groups is 1. The summed E-state index contributed by atoms with van der Waals surface area (Å²) in [5.41, 5.74) is 2.43. The van der Waals surface area contributed by atoms with E-state index in [4.69, 9.17) is 0 Å². The van der Waals surface area contributed by atoms with Gasteiger partial charge in [-0.15, -0.1) is 0 Å². The number of benzene rings is 2. The summed E-state index contributed by atoms with van der Waals surface area (Å²) in [4.78, 5) is 12.1. The Kier molecular flexibility index (Phi) is 4.93. The van der Waals surface area contributed by atoms with Crippen LogP contribution < -0.4 is 10.6 Å². The first-order valence-electron chi connectivity index (χ1n) is 7.08. The Labute approximate surface area is 132 Å². The van der Waals surface area contributed by atoms with Gasteiger partial charge in [0.05, 0.1) is 5.69 Å². The van der Waals surface area contributed by atoms with E-state index in [1.165, 1.54) is 0 Å². The van der Waals surface area contributed by atoms with Gasteiger partial charge in [-0.3, -0.25) is 4.79 Å². The molecule has 0 aliphatic rings. The number of aryl methyl sites for hydroxylation is 1. The van der Waals surface area contributed by atoms with Crippen molar-refractivity contribution in [1.82, 2.24) is 0 Å². The summed E-state index contributed by atoms with van der Waals surface area (Å²) < 4.78 is 39.6. The number of hydrogen-bond donors (Lipinski definition) is 2. The predicted octanol–water partition coefficient (Wildman–Crippen LogP) is 4.16. The number of rotatable bonds is 4. The van der Waals surface area contributed by atoms with E-state index in [1.54, 1.807) is 6.92 Å². The lowest BCUT2D eigenvalue weighted by atomic mass is 10.1. The molecule has 23 heavy (non-hydrogen) atoms. The fourth-order valence-corrected chi connectivity index (χ4v) is 2.07. The van der Waals surface area contributed by atoms with Crippen LogP contribution in [0.15, 0.2) is 30.3 Å². The van der Waals surface area contributed by atoms with E-state index in [0.29, 0.717) is 0 Å². The van der Waals surface area contributed by atoms with E-state index in [0.717, 1.165) is 28.9 Å². The Balaban J connectivity index is 2.12. The molecule has 0 saturated heterocycles. The minimum absolute atomic E-state index is 0.400. The zero-order valence-electron chi connectivity index (χ0n) is 13.0. The lowest BCUT2D eigenvalue weighted by molar-refractivity contribution is -0.116. The summed E-state index contributed by atoms with van der Waals surface area (Å²) in [6, 6.07) is 6.67. The highest BCUT2D eigenvalue weighted by Crippen LogP contribution is 2.21. The highest BCUT2D eigenvalue weighted by molar-refractivity contribution is 5.96. The van der Waals surface area contributed by atoms with Crippen LogP contribution in [0.3, 0.4) is 0 Å². The number of carbonyl (C=O) groups excluding carboxylic acids is 1. The molecule has 2 N–H and O–H groups in total. The van der Waals surface area contributed by atoms with Crippen LogP contribution in [0, 0.1) is 31.3 Å². The van der Waals surface area contributed by atoms with Gasteiger partial charge >= 0.3 is 0 Å². The molecule has 3 nitrogen and oxygen atoms in total. The van der Waals surface area contributed by atoms with Crippen molar-refractivity contribution in [3.05, 3.63) is 58.9 Å². The fourth-order valence-electron chi connectivity index (χ4n) is 2.07. The molecule has 0 aliphatic carbocycles. The molecule has 2 aromatic carbocycles. The van der Waals surface area contributed by atoms with Crippen molar-refractivity contribution < 1.29 is 18.0 Å². The summed E-state index contributed by atoms with van der Waals surface area (Å²) in [5.74, 6) is -4.90. The molecule has 2 aromatic rings. The molecule has 0 heterocycles. The van der Waals surface area contributed by atoms with Gasteiger partial charge in [0, 0.05) is 5.69 Å². The van der Waals surface area contributed by atoms with Gasteiger partial charge < -0.3 is 10.6 Å². The molecule has 0 radical (unpaired) electrons. The van der Waals surface area contributed by atoms with Crippen LogP contribution in [0.2, 0.25) is 0 Å². The molecule has 0 fully saturated rings. The van der Waals surface area contributed by atoms with Crippen LogP contribution in [0.5, 0.6) is 0 Å². The Hall–Kier alpha value is -2.50. The summed E-state index contributed by atoms with van der Waals surface area (Å²) in [6.07, 6.45) is 0. The molecule has 0 aromatic heterocycles. The monoisotopic (exact) mass is 322 g/mol. The number of hydrogen-bond acceptors (Lipinski definition) is 2. The SMILES string of the molecule is Cc1cccc(N[C@H](C)C(=O)Nc2ccc(F)c(F)c2F)c1C. The second kappa shape index (κ2) is 6.73. The van der Waals surface area contributed by atoms with Crippen molar-refractivity contribution in [2.75, 3.05) is 10.6 Å². The first kappa shape index (κ1) is 16.9. The van der Waals surface area contributed by atoms with Gasteiger partial charge in [0.2, 0.25) is 5.91 Å². The van der Waals surface area contributed by atoms with Gasteiger partial charge in [-0.05, 0) is 50.1 Å². The summed E-state index contributed by atoms with van der Waals surface area (Å²) >= 11 is 0. The maximum Gasteiger partial charge on any atom is 0.246 e. The van der Waals surface area contributed by atoms with Crippen LogP contribution in [0.1, 0.15) is 18.1 Å². The number of amides is 1. The van der Waals surface area contributed by atoms with E-state index in [2.05, 4.69) is 10.6 Å². The van der Waals surface area contributed by atoms with Crippen LogP contribution in [-0.4, -0.2) is 11.9 Å². The highest BCUT2D eigenvalue weighted by Gasteiger charge is 2.19. The summed E-state index contributed by atoms with van der Waals surface area (Å²) in [5, 5.41) is 5.26. The number of nitrogens with one attached hydrogen (secondary N) is 2. The van der Waals surface area contributed by atoms with Gasteiger partial charge in [0.15, 0.2) is 17.5 Å². The van der Waals surface area contributed by atoms with Crippen molar-refractivity contribution in [2.45, 2.75) is 26.8 Å². The average Bonchev–Trinajstić information content (AvgIpc) is 2.52. The molecule has 0 aliphatic heterocycles. The third-order valence-electron chi connectivity index (χ3n) is 3.66. The van der Waals surface area contributed by atoms with Gasteiger partial charge in [0.25, 0.3) is 0 Å². The largest absolute Gasteiger partial charge is 0.374 e. The van der Waals surface area contributed by atoms with E-state index in [1.807, 2.05) is 32.0 Å². The van der Waals surface area contributed by atoms with Gasteiger partial charge in [-0.2, -0.15) is 0 Å². The van der Waals surface area contributed by atoms with Crippen molar-refractivity contribution in [2.24, 2.45) is 0 Å². The van der Waals surface area contributed by atoms with E-state index < -0.39 is 35.1 Å². The molecule has 0 unspecified atom stereocenters. The molecule has 0 bridgehead atoms. The molecule has 1 atom stereocenters. The van der Waals surface area contributed by atoms with Crippen LogP contribution in [0.4, 0.5) is 24.5 Å². The highest BCUT2D eigenvalue weighted by atomic mass is 19.2. The maximum atomic E-state index is 13.6. The molecular weight excluding hydrogens is 305 g/mol. The van der Waals surface area contributed by atoms with Crippen molar-refractivity contribution in [3.63, 3.8) is 0 Å². The summed E-state index contributed by atoms with van der Waals surface area (Å²) in [7, 11) is 0. The second-order valence-corrected chi connectivity index (χ2v) is 5.33. The molecular formula is C17H17F3N2O. The van der Waals surface area contributed by atoms with Crippen LogP contribution in [0.25, 0.3) is 0 Å². The number of anilines is 2. The average molecular weight is 322 g/mol. The van der Waals surface area contributed by atoms with Gasteiger partial charge in [-0.1, -0.05) is 12.1 Å². The second-order valence-electron chi connectivity index (χ2n) is 5.33. The van der Waals surface area contributed by atoms with Crippen molar-refractivity contribution in [1.29, 1.82) is 0 Å². The van der Waals surface area contributed by atoms with Crippen LogP contribution in [-0.2, 0) is 4.79 Å². The van der Waals surface area contributed by atoms with Crippen LogP contribution >= 0.6 is 0 Å². The maximum absolute atomic E-state index is 13.6. The standard InChI is InChI=1S/C17H17F3N2O/c1-9-5-4-6-13(10(9)2)21-11(3)17(23)22-14-8-7-12(18)15(19)16(14)20/h4-8,11,21H,1-3H3,(H,22,23)/t11-/m1/s1. The quantitative estimate of drug-likeness (QED) is 0.830. The third-order valence-corrected chi connectivity index (χ3v) is 3.66. The third kappa shape index (κ3) is 3.64. The molecule has 1 amide bonds. The van der Waals surface area contributed by atoms with Gasteiger partial charge in [0.1, 0.15) is 6.04 Å². The lowest BCUT2D eigenvalue weighted by Gasteiger charge is -2.18. The van der Waals surface area contributed by atoms with Crippen molar-refractivity contribution >= 4 is 17.3 Å². The van der Waals surface area contributed by atoms with Gasteiger partial charge in [-0.25, -0.2) is 13.2 Å². The fraction of sp³-hybridized carbons (Fsp3) is 0.235. The topological polar surface area (TPSA) is 41.1 Å². The Morgan fingerprint density at radius 1 is 1.00 bits per heavy atom. The lowest BCUT2D eigenvalue weighted by Crippen LogP contribution is -2.32. The Bertz CT molecular complexity index is 747. The van der Waals surface area contributed by atoms with E-state index in [9.17, 15) is 18.0 Å². The predicted molar refractivity (Wildman–Crippen MR) is 83.9 cm³/mol. The van der Waals surface area contributed by atoms with Crippen molar-refractivity contribution in [3.8, 4) is 0 Å². The molecule has 0 saturated carbocycles. The van der Waals surface area contributed by atoms with E-state index >= 15 is 0 Å². The normalized spacial score (nSPS) is 11.9. The summed E-state index contributed by atoms with van der Waals surface area (Å²) in [6.45, 7) is 5.45. The smallest absolute Gasteiger partial charge is 0.246 e. The number of halogens is 3. The minimum atomic E-state index is -1.61. The Morgan fingerprint density at radius 2 is 1.70 bits per heavy atom. The first-order valence-corrected chi connectivity index (χ1v) is 7.08. The molecule has 122 valence electrons. The zero-order chi connectivity index (χ0) is 17.1. The molecule has 0 spiro atoms. The minimum Gasteiger partial charge on any atom is -0.374 e. The zero-order valence-corrected chi connectivity index (χ0v) is 13.0. The molecule has 6 heteroatoms. The van der Waals surface area contributed by atoms with E-state index in [-0.39, 0.29) is 0 Å². The Morgan fingerprint density at radius 3 is 2.39 bits per heavy atom.